The van der Waals surface area contributed by atoms with Crippen LogP contribution >= 0.6 is 0 Å². The van der Waals surface area contributed by atoms with Crippen LogP contribution in [0.1, 0.15) is 23.4 Å². The van der Waals surface area contributed by atoms with Crippen molar-refractivity contribution < 1.29 is 0 Å². The van der Waals surface area contributed by atoms with E-state index < -0.39 is 0 Å². The quantitative estimate of drug-likeness (QED) is 0.813. The van der Waals surface area contributed by atoms with E-state index in [0.29, 0.717) is 18.2 Å². The van der Waals surface area contributed by atoms with Crippen molar-refractivity contribution in [2.45, 2.75) is 19.4 Å². The van der Waals surface area contributed by atoms with Crippen molar-refractivity contribution in [2.75, 3.05) is 11.5 Å². The van der Waals surface area contributed by atoms with Gasteiger partial charge in [-0.3, -0.25) is 0 Å². The number of nitrogens with two attached hydrogens (primary N) is 2. The molecular formula is C12H14N6. The van der Waals surface area contributed by atoms with E-state index in [1.807, 2.05) is 22.9 Å². The van der Waals surface area contributed by atoms with Crippen molar-refractivity contribution in [3.8, 4) is 0 Å². The number of pyridine rings is 1. The molecule has 3 rings (SSSR count). The third-order valence-corrected chi connectivity index (χ3v) is 2.95. The van der Waals surface area contributed by atoms with E-state index in [2.05, 4.69) is 21.4 Å². The predicted octanol–water partition coefficient (Wildman–Crippen LogP) is 0.845. The number of rotatable bonds is 2. The van der Waals surface area contributed by atoms with E-state index in [9.17, 15) is 0 Å². The van der Waals surface area contributed by atoms with Crippen LogP contribution in [0.15, 0.2) is 18.2 Å². The lowest BCUT2D eigenvalue weighted by molar-refractivity contribution is 0.617. The molecule has 4 N–H and O–H groups in total. The van der Waals surface area contributed by atoms with Gasteiger partial charge >= 0.3 is 0 Å². The maximum atomic E-state index is 5.68. The minimum absolute atomic E-state index is 0.430. The van der Waals surface area contributed by atoms with Crippen LogP contribution in [0.3, 0.4) is 0 Å². The Morgan fingerprint density at radius 1 is 1.22 bits per heavy atom. The molecule has 2 heterocycles. The Kier molecular flexibility index (Phi) is 2.47. The molecule has 0 fully saturated rings. The van der Waals surface area contributed by atoms with Crippen LogP contribution in [-0.4, -0.2) is 20.0 Å². The SMILES string of the molecule is Nc1cc(Cn2nnc3c2CCC=C3)cc(N)n1. The van der Waals surface area contributed by atoms with Gasteiger partial charge in [0.15, 0.2) is 0 Å². The molecule has 1 aliphatic carbocycles. The lowest BCUT2D eigenvalue weighted by atomic mass is 10.1. The summed E-state index contributed by atoms with van der Waals surface area (Å²) in [4.78, 5) is 3.95. The zero-order chi connectivity index (χ0) is 12.5. The first-order valence-corrected chi connectivity index (χ1v) is 5.83. The summed E-state index contributed by atoms with van der Waals surface area (Å²) in [6.45, 7) is 0.618. The largest absolute Gasteiger partial charge is 0.384 e. The van der Waals surface area contributed by atoms with Crippen LogP contribution in [0.25, 0.3) is 6.08 Å². The van der Waals surface area contributed by atoms with Crippen LogP contribution in [0.2, 0.25) is 0 Å². The van der Waals surface area contributed by atoms with Gasteiger partial charge in [-0.15, -0.1) is 5.10 Å². The fraction of sp³-hybridized carbons (Fsp3) is 0.250. The molecule has 0 aromatic carbocycles. The molecule has 6 nitrogen and oxygen atoms in total. The summed E-state index contributed by atoms with van der Waals surface area (Å²) in [5, 5.41) is 8.31. The molecule has 6 heteroatoms. The molecule has 0 atom stereocenters. The van der Waals surface area contributed by atoms with Crippen molar-refractivity contribution in [1.29, 1.82) is 0 Å². The number of hydrogen-bond acceptors (Lipinski definition) is 5. The van der Waals surface area contributed by atoms with Crippen LogP contribution in [-0.2, 0) is 13.0 Å². The van der Waals surface area contributed by atoms with E-state index >= 15 is 0 Å². The number of aromatic nitrogens is 4. The van der Waals surface area contributed by atoms with Gasteiger partial charge in [-0.1, -0.05) is 11.3 Å². The second kappa shape index (κ2) is 4.14. The van der Waals surface area contributed by atoms with Gasteiger partial charge in [0.2, 0.25) is 0 Å². The third-order valence-electron chi connectivity index (χ3n) is 2.95. The Morgan fingerprint density at radius 2 is 2.00 bits per heavy atom. The number of hydrogen-bond donors (Lipinski definition) is 2. The zero-order valence-corrected chi connectivity index (χ0v) is 9.87. The monoisotopic (exact) mass is 242 g/mol. The molecule has 0 saturated carbocycles. The van der Waals surface area contributed by atoms with Gasteiger partial charge in [-0.2, -0.15) is 0 Å². The van der Waals surface area contributed by atoms with Crippen LogP contribution in [0.4, 0.5) is 11.6 Å². The maximum absolute atomic E-state index is 5.68. The van der Waals surface area contributed by atoms with Gasteiger partial charge in [0.05, 0.1) is 12.2 Å². The summed E-state index contributed by atoms with van der Waals surface area (Å²) >= 11 is 0. The molecule has 0 radical (unpaired) electrons. The van der Waals surface area contributed by atoms with Gasteiger partial charge in [0.1, 0.15) is 17.3 Å². The Balaban J connectivity index is 1.93. The summed E-state index contributed by atoms with van der Waals surface area (Å²) in [6.07, 6.45) is 6.12. The average molecular weight is 242 g/mol. The highest BCUT2D eigenvalue weighted by Gasteiger charge is 2.13. The molecule has 92 valence electrons. The summed E-state index contributed by atoms with van der Waals surface area (Å²) in [5.74, 6) is 0.859. The van der Waals surface area contributed by atoms with Gasteiger partial charge in [-0.05, 0) is 36.6 Å². The number of nitrogens with zero attached hydrogens (tertiary/aromatic N) is 4. The highest BCUT2D eigenvalue weighted by Crippen LogP contribution is 2.18. The summed E-state index contributed by atoms with van der Waals surface area (Å²) in [5.41, 5.74) is 14.5. The third kappa shape index (κ3) is 1.92. The first-order chi connectivity index (χ1) is 8.72. The van der Waals surface area contributed by atoms with E-state index in [1.54, 1.807) is 0 Å². The first kappa shape index (κ1) is 10.8. The molecular weight excluding hydrogens is 228 g/mol. The van der Waals surface area contributed by atoms with E-state index in [4.69, 9.17) is 11.5 Å². The highest BCUT2D eigenvalue weighted by atomic mass is 15.4. The Labute approximate surface area is 104 Å². The lowest BCUT2D eigenvalue weighted by Crippen LogP contribution is -2.09. The van der Waals surface area contributed by atoms with Crippen molar-refractivity contribution in [2.24, 2.45) is 0 Å². The molecule has 18 heavy (non-hydrogen) atoms. The highest BCUT2D eigenvalue weighted by molar-refractivity contribution is 5.49. The molecule has 0 saturated heterocycles. The number of nitrogen functional groups attached to an aromatic ring is 2. The van der Waals surface area contributed by atoms with Crippen LogP contribution in [0.5, 0.6) is 0 Å². The van der Waals surface area contributed by atoms with E-state index in [0.717, 1.165) is 29.8 Å². The normalized spacial score (nSPS) is 13.6. The van der Waals surface area contributed by atoms with Crippen LogP contribution in [0, 0.1) is 0 Å². The molecule has 0 bridgehead atoms. The molecule has 0 spiro atoms. The summed E-state index contributed by atoms with van der Waals surface area (Å²) < 4.78 is 1.90. The fourth-order valence-electron chi connectivity index (χ4n) is 2.17. The lowest BCUT2D eigenvalue weighted by Gasteiger charge is -2.09. The summed E-state index contributed by atoms with van der Waals surface area (Å²) in [6, 6.07) is 3.62. The molecule has 2 aromatic rings. The van der Waals surface area contributed by atoms with Crippen molar-refractivity contribution in [3.05, 3.63) is 35.2 Å². The number of fused-ring (bicyclic) bond motifs is 1. The van der Waals surface area contributed by atoms with E-state index in [-0.39, 0.29) is 0 Å². The molecule has 0 amide bonds. The Morgan fingerprint density at radius 3 is 2.78 bits per heavy atom. The van der Waals surface area contributed by atoms with Gasteiger partial charge in [0, 0.05) is 0 Å². The number of anilines is 2. The Hall–Kier alpha value is -2.37. The minimum atomic E-state index is 0.430. The molecule has 0 unspecified atom stereocenters. The van der Waals surface area contributed by atoms with Crippen LogP contribution < -0.4 is 11.5 Å². The standard InChI is InChI=1S/C12H14N6/c13-11-5-8(6-12(14)15-11)7-18-10-4-2-1-3-9(10)16-17-18/h1,3,5-6H,2,4,7H2,(H4,13,14,15). The topological polar surface area (TPSA) is 95.6 Å². The molecule has 2 aromatic heterocycles. The maximum Gasteiger partial charge on any atom is 0.126 e. The zero-order valence-electron chi connectivity index (χ0n) is 9.87. The van der Waals surface area contributed by atoms with Gasteiger partial charge in [-0.25, -0.2) is 9.67 Å². The van der Waals surface area contributed by atoms with E-state index in [1.165, 1.54) is 0 Å². The average Bonchev–Trinajstić information content (AvgIpc) is 2.72. The second-order valence-corrected chi connectivity index (χ2v) is 4.35. The van der Waals surface area contributed by atoms with Crippen molar-refractivity contribution in [3.63, 3.8) is 0 Å². The smallest absolute Gasteiger partial charge is 0.126 e. The summed E-state index contributed by atoms with van der Waals surface area (Å²) in [7, 11) is 0. The second-order valence-electron chi connectivity index (χ2n) is 4.35. The van der Waals surface area contributed by atoms with Gasteiger partial charge < -0.3 is 11.5 Å². The molecule has 1 aliphatic rings. The molecule has 0 aliphatic heterocycles. The van der Waals surface area contributed by atoms with Crippen molar-refractivity contribution in [1.82, 2.24) is 20.0 Å². The minimum Gasteiger partial charge on any atom is -0.384 e. The van der Waals surface area contributed by atoms with Gasteiger partial charge in [0.25, 0.3) is 0 Å². The Bertz CT molecular complexity index is 593. The number of allylic oxidation sites excluding steroid dienone is 1. The van der Waals surface area contributed by atoms with Crippen molar-refractivity contribution >= 4 is 17.7 Å². The first-order valence-electron chi connectivity index (χ1n) is 5.83. The predicted molar refractivity (Wildman–Crippen MR) is 69.5 cm³/mol. The fourth-order valence-corrected chi connectivity index (χ4v) is 2.17.